The highest BCUT2D eigenvalue weighted by atomic mass is 16.5. The van der Waals surface area contributed by atoms with E-state index in [9.17, 15) is 9.59 Å². The number of aliphatic carboxylic acids is 1. The molecule has 370 valence electrons. The van der Waals surface area contributed by atoms with Crippen LogP contribution in [0.5, 0.6) is 0 Å². The monoisotopic (exact) mass is 885 g/mol. The van der Waals surface area contributed by atoms with Gasteiger partial charge in [0.1, 0.15) is 0 Å². The van der Waals surface area contributed by atoms with Crippen molar-refractivity contribution in [3.05, 3.63) is 12.2 Å². The van der Waals surface area contributed by atoms with Crippen molar-refractivity contribution < 1.29 is 19.4 Å². The van der Waals surface area contributed by atoms with Gasteiger partial charge in [-0.25, -0.2) is 0 Å². The van der Waals surface area contributed by atoms with E-state index >= 15 is 0 Å². The number of unbranched alkanes of at least 4 members (excludes halogenated alkanes) is 39. The van der Waals surface area contributed by atoms with E-state index in [4.69, 9.17) is 14.8 Å². The Balaban J connectivity index is 1.78. The molecule has 1 aliphatic heterocycles. The fourth-order valence-corrected chi connectivity index (χ4v) is 9.39. The third-order valence-corrected chi connectivity index (χ3v) is 13.6. The van der Waals surface area contributed by atoms with Crippen LogP contribution >= 0.6 is 0 Å². The molecule has 1 aliphatic rings. The van der Waals surface area contributed by atoms with E-state index in [-0.39, 0.29) is 5.97 Å². The maximum absolute atomic E-state index is 12.1. The van der Waals surface area contributed by atoms with Crippen molar-refractivity contribution in [3.8, 4) is 0 Å². The van der Waals surface area contributed by atoms with Gasteiger partial charge < -0.3 is 14.7 Å². The highest BCUT2D eigenvalue weighted by Crippen LogP contribution is 2.20. The lowest BCUT2D eigenvalue weighted by Gasteiger charge is -2.25. The predicted molar refractivity (Wildman–Crippen MR) is 274 cm³/mol. The van der Waals surface area contributed by atoms with Crippen molar-refractivity contribution in [2.75, 3.05) is 19.7 Å². The lowest BCUT2D eigenvalue weighted by atomic mass is 10.0. The Morgan fingerprint density at radius 1 is 0.508 bits per heavy atom. The first kappa shape index (κ1) is 59.2. The molecule has 0 radical (unpaired) electrons. The number of hydrogen-bond donors (Lipinski definition) is 1. The minimum Gasteiger partial charge on any atom is -0.481 e. The molecule has 1 unspecified atom stereocenters. The van der Waals surface area contributed by atoms with Crippen LogP contribution < -0.4 is 0 Å². The van der Waals surface area contributed by atoms with Crippen LogP contribution in [0.4, 0.5) is 0 Å². The van der Waals surface area contributed by atoms with Gasteiger partial charge in [0.05, 0.1) is 19.0 Å². The number of carboxylic acids is 1. The van der Waals surface area contributed by atoms with Gasteiger partial charge in [-0.2, -0.15) is 0 Å². The second-order valence-corrected chi connectivity index (χ2v) is 19.9. The van der Waals surface area contributed by atoms with Gasteiger partial charge in [-0.15, -0.1) is 0 Å². The SMILES string of the molecule is CCCCCCCCC=CCCCCCCCCOC(=O)CCCCCCCCCCCCCCCCCN1C(CCCCCCCCCCCCCCCCC(=O)O)=NCC1C. The summed E-state index contributed by atoms with van der Waals surface area (Å²) >= 11 is 0. The van der Waals surface area contributed by atoms with Crippen molar-refractivity contribution >= 4 is 17.8 Å². The highest BCUT2D eigenvalue weighted by molar-refractivity contribution is 5.84. The van der Waals surface area contributed by atoms with Crippen LogP contribution in [-0.4, -0.2) is 53.5 Å². The van der Waals surface area contributed by atoms with Gasteiger partial charge in [0.15, 0.2) is 0 Å². The summed E-state index contributed by atoms with van der Waals surface area (Å²) < 4.78 is 5.49. The zero-order valence-electron chi connectivity index (χ0n) is 42.4. The van der Waals surface area contributed by atoms with E-state index in [0.717, 1.165) is 32.2 Å². The molecule has 63 heavy (non-hydrogen) atoms. The third-order valence-electron chi connectivity index (χ3n) is 13.6. The Kier molecular flexibility index (Phi) is 45.2. The Morgan fingerprint density at radius 2 is 0.873 bits per heavy atom. The van der Waals surface area contributed by atoms with Gasteiger partial charge in [-0.1, -0.05) is 237 Å². The Hall–Kier alpha value is -1.85. The number of nitrogens with zero attached hydrogens (tertiary/aromatic N) is 2. The number of rotatable bonds is 51. The van der Waals surface area contributed by atoms with Crippen molar-refractivity contribution in [1.29, 1.82) is 0 Å². The topological polar surface area (TPSA) is 79.2 Å². The number of amidine groups is 1. The van der Waals surface area contributed by atoms with E-state index < -0.39 is 5.97 Å². The van der Waals surface area contributed by atoms with Crippen LogP contribution in [0.15, 0.2) is 17.1 Å². The van der Waals surface area contributed by atoms with Crippen LogP contribution in [0.25, 0.3) is 0 Å². The molecule has 0 spiro atoms. The quantitative estimate of drug-likeness (QED) is 0.0374. The summed E-state index contributed by atoms with van der Waals surface area (Å²) in [6.07, 6.45) is 63.1. The summed E-state index contributed by atoms with van der Waals surface area (Å²) in [7, 11) is 0. The molecular weight excluding hydrogens is 777 g/mol. The van der Waals surface area contributed by atoms with E-state index in [2.05, 4.69) is 30.9 Å². The predicted octanol–water partition coefficient (Wildman–Crippen LogP) is 18.2. The van der Waals surface area contributed by atoms with Gasteiger partial charge in [-0.3, -0.25) is 14.6 Å². The molecule has 0 aromatic heterocycles. The first-order chi connectivity index (χ1) is 31.0. The minimum atomic E-state index is -0.656. The molecule has 1 heterocycles. The van der Waals surface area contributed by atoms with Crippen molar-refractivity contribution in [3.63, 3.8) is 0 Å². The molecule has 1 rings (SSSR count). The second kappa shape index (κ2) is 48.1. The smallest absolute Gasteiger partial charge is 0.305 e. The van der Waals surface area contributed by atoms with Crippen LogP contribution in [0, 0.1) is 0 Å². The van der Waals surface area contributed by atoms with E-state index in [1.807, 2.05) is 0 Å². The number of aliphatic imine (C=N–C) groups is 1. The molecule has 1 atom stereocenters. The Morgan fingerprint density at radius 3 is 1.32 bits per heavy atom. The lowest BCUT2D eigenvalue weighted by molar-refractivity contribution is -0.144. The summed E-state index contributed by atoms with van der Waals surface area (Å²) in [5.74, 6) is 0.758. The molecule has 0 bridgehead atoms. The number of allylic oxidation sites excluding steroid dienone is 2. The van der Waals surface area contributed by atoms with Crippen LogP contribution in [0.1, 0.15) is 309 Å². The minimum absolute atomic E-state index is 0.0157. The van der Waals surface area contributed by atoms with E-state index in [0.29, 0.717) is 25.5 Å². The van der Waals surface area contributed by atoms with Crippen LogP contribution in [0.2, 0.25) is 0 Å². The molecule has 0 amide bonds. The van der Waals surface area contributed by atoms with Crippen molar-refractivity contribution in [1.82, 2.24) is 4.90 Å². The van der Waals surface area contributed by atoms with E-state index in [1.165, 1.54) is 269 Å². The molecule has 0 aromatic rings. The molecule has 0 aliphatic carbocycles. The fourth-order valence-electron chi connectivity index (χ4n) is 9.39. The fraction of sp³-hybridized carbons (Fsp3) is 0.912. The molecular formula is C57H108N2O4. The average molecular weight is 886 g/mol. The maximum Gasteiger partial charge on any atom is 0.305 e. The molecule has 0 saturated carbocycles. The van der Waals surface area contributed by atoms with Crippen molar-refractivity contribution in [2.24, 2.45) is 4.99 Å². The Bertz CT molecular complexity index is 1040. The van der Waals surface area contributed by atoms with Gasteiger partial charge in [0.2, 0.25) is 0 Å². The second-order valence-electron chi connectivity index (χ2n) is 19.9. The first-order valence-electron chi connectivity index (χ1n) is 28.4. The number of carbonyl (C=O) groups excluding carboxylic acids is 1. The van der Waals surface area contributed by atoms with Crippen LogP contribution in [0.3, 0.4) is 0 Å². The molecule has 6 heteroatoms. The zero-order valence-corrected chi connectivity index (χ0v) is 42.4. The van der Waals surface area contributed by atoms with Gasteiger partial charge >= 0.3 is 11.9 Å². The van der Waals surface area contributed by atoms with Crippen LogP contribution in [-0.2, 0) is 14.3 Å². The number of carbonyl (C=O) groups is 2. The van der Waals surface area contributed by atoms with Gasteiger partial charge in [-0.05, 0) is 64.7 Å². The van der Waals surface area contributed by atoms with Gasteiger partial charge in [0, 0.05) is 31.8 Å². The maximum atomic E-state index is 12.1. The lowest BCUT2D eigenvalue weighted by Crippen LogP contribution is -2.35. The summed E-state index contributed by atoms with van der Waals surface area (Å²) in [6, 6.07) is 0.592. The Labute approximate surface area is 392 Å². The summed E-state index contributed by atoms with van der Waals surface area (Å²) in [4.78, 5) is 30.2. The number of esters is 1. The normalized spacial score (nSPS) is 14.0. The summed E-state index contributed by atoms with van der Waals surface area (Å²) in [5.41, 5.74) is 0. The average Bonchev–Trinajstić information content (AvgIpc) is 3.63. The summed E-state index contributed by atoms with van der Waals surface area (Å²) in [6.45, 7) is 7.46. The standard InChI is InChI=1S/C57H108N2O4/c1-3-4-5-6-7-8-9-10-11-17-22-27-32-37-42-47-52-63-57(62)50-45-40-35-30-25-20-13-12-16-21-26-31-36-41-46-51-59-54(2)53-58-55(59)48-43-38-33-28-23-18-14-15-19-24-29-34-39-44-49-56(60)61/h10-11,54H,3-9,12-53H2,1-2H3,(H,60,61). The number of carboxylic acid groups (broad SMARTS) is 1. The van der Waals surface area contributed by atoms with Gasteiger partial charge in [0.25, 0.3) is 0 Å². The molecule has 6 nitrogen and oxygen atoms in total. The third kappa shape index (κ3) is 42.5. The zero-order chi connectivity index (χ0) is 45.4. The molecule has 0 aromatic carbocycles. The first-order valence-corrected chi connectivity index (χ1v) is 28.4. The van der Waals surface area contributed by atoms with Crippen molar-refractivity contribution in [2.45, 2.75) is 315 Å². The van der Waals surface area contributed by atoms with E-state index in [1.54, 1.807) is 0 Å². The molecule has 1 N–H and O–H groups in total. The number of ether oxygens (including phenoxy) is 1. The molecule has 0 fully saturated rings. The summed E-state index contributed by atoms with van der Waals surface area (Å²) in [5, 5.41) is 8.70. The number of hydrogen-bond acceptors (Lipinski definition) is 5. The highest BCUT2D eigenvalue weighted by Gasteiger charge is 2.22. The largest absolute Gasteiger partial charge is 0.481 e. The molecule has 0 saturated heterocycles.